The Balaban J connectivity index is 0.0000000996. The first kappa shape index (κ1) is 89.0. The first-order valence-corrected chi connectivity index (χ1v) is 45.1. The Morgan fingerprint density at radius 1 is 0.204 bits per heavy atom. The molecule has 137 heavy (non-hydrogen) atoms. The lowest BCUT2D eigenvalue weighted by Crippen LogP contribution is -1.85. The number of rotatable bonds is 0. The largest absolute Gasteiger partial charge is 0.355 e. The number of thiophene rings is 1. The van der Waals surface area contributed by atoms with Crippen molar-refractivity contribution in [2.75, 3.05) is 0 Å². The maximum Gasteiger partial charge on any atom is 0.181 e. The fourth-order valence-corrected chi connectivity index (χ4v) is 16.3. The molecule has 15 aromatic carbocycles. The van der Waals surface area contributed by atoms with Crippen molar-refractivity contribution in [1.29, 1.82) is 0 Å². The summed E-state index contributed by atoms with van der Waals surface area (Å²) in [5.74, 6) is 0. The second-order valence-electron chi connectivity index (χ2n) is 30.8. The molecule has 13 aromatic heterocycles. The highest BCUT2D eigenvalue weighted by atomic mass is 32.1. The molecule has 0 atom stereocenters. The number of fused-ring (bicyclic) bond motifs is 20. The van der Waals surface area contributed by atoms with E-state index in [1.807, 2.05) is 260 Å². The van der Waals surface area contributed by atoms with Gasteiger partial charge in [-0.05, 0) is 167 Å². The third-order valence-electron chi connectivity index (χ3n) is 21.8. The van der Waals surface area contributed by atoms with E-state index in [0.29, 0.717) is 5.65 Å². The molecule has 28 aromatic rings. The quantitative estimate of drug-likeness (QED) is 0.139. The second-order valence-corrected chi connectivity index (χ2v) is 31.9. The fourth-order valence-electron chi connectivity index (χ4n) is 15.2. The van der Waals surface area contributed by atoms with Crippen LogP contribution in [0, 0.1) is 0 Å². The summed E-state index contributed by atoms with van der Waals surface area (Å²) < 4.78 is 2.76. The van der Waals surface area contributed by atoms with Crippen LogP contribution < -0.4 is 0 Å². The van der Waals surface area contributed by atoms with Crippen LogP contribution in [0.2, 0.25) is 0 Å². The third-order valence-corrected chi connectivity index (χ3v) is 23.0. The van der Waals surface area contributed by atoms with Crippen molar-refractivity contribution in [1.82, 2.24) is 95.2 Å². The lowest BCUT2D eigenvalue weighted by molar-refractivity contribution is 1.05. The molecule has 29 rings (SSSR count). The molecule has 0 spiro atoms. The van der Waals surface area contributed by atoms with E-state index in [1.54, 1.807) is 68.3 Å². The van der Waals surface area contributed by atoms with Gasteiger partial charge in [-0.3, -0.25) is 15.0 Å². The fraction of sp³-hybridized carbons (Fsp3) is 0.00855. The Morgan fingerprint density at radius 3 is 1.11 bits per heavy atom. The van der Waals surface area contributed by atoms with Crippen LogP contribution in [0.1, 0.15) is 11.1 Å². The molecule has 0 unspecified atom stereocenters. The first-order valence-electron chi connectivity index (χ1n) is 44.3. The third kappa shape index (κ3) is 23.6. The normalized spacial score (nSPS) is 10.6. The van der Waals surface area contributed by atoms with Crippen LogP contribution in [-0.2, 0) is 6.42 Å². The summed E-state index contributed by atoms with van der Waals surface area (Å²) in [5.41, 5.74) is 20.1. The molecule has 0 radical (unpaired) electrons. The van der Waals surface area contributed by atoms with E-state index in [1.165, 1.54) is 92.1 Å². The Hall–Kier alpha value is -18.7. The molecule has 0 bridgehead atoms. The average Bonchev–Trinajstić information content (AvgIpc) is 1.49. The maximum atomic E-state index is 4.58. The highest BCUT2D eigenvalue weighted by Crippen LogP contribution is 2.37. The van der Waals surface area contributed by atoms with Gasteiger partial charge < -0.3 is 4.98 Å². The van der Waals surface area contributed by atoms with E-state index in [-0.39, 0.29) is 0 Å². The van der Waals surface area contributed by atoms with Crippen LogP contribution in [0.4, 0.5) is 0 Å². The van der Waals surface area contributed by atoms with Gasteiger partial charge in [0, 0.05) is 135 Å². The summed E-state index contributed by atoms with van der Waals surface area (Å²) >= 11 is 1.86. The van der Waals surface area contributed by atoms with E-state index in [4.69, 9.17) is 0 Å². The minimum atomic E-state index is 0.637. The van der Waals surface area contributed by atoms with E-state index in [0.717, 1.165) is 99.7 Å². The number of H-pyrrole nitrogens is 1. The van der Waals surface area contributed by atoms with Crippen LogP contribution in [0.5, 0.6) is 0 Å². The molecule has 0 amide bonds. The van der Waals surface area contributed by atoms with Crippen molar-refractivity contribution in [2.24, 2.45) is 0 Å². The number of pyridine rings is 4. The Kier molecular flexibility index (Phi) is 29.7. The molecular weight excluding hydrogens is 1700 g/mol. The number of aromatic amines is 1. The summed E-state index contributed by atoms with van der Waals surface area (Å²) in [6.45, 7) is 0. The standard InChI is InChI=1S/C13H9N.C13H10.C12H8N2.C12H9N.C12H8S.C9H7N.5C8H6N2.C6H4N4/c1-3-7-12-10(5-1)9-11-6-2-4-8-13(11)14-12;1-3-7-12-10(5-1)9-11-6-2-4-8-13(11)12;1-2-6-10-9(5-1)13-11-7-3-4-8-12(11)14-10;2*1-3-7-11-9(5-1)10-6-2-4-8-12(10)13-11;1-2-4-9-7-10-6-5-8(9)3-1;1-3-7-4-2-6-10-8(7)9-5-1;1-2-4-8-7(3-1)5-9-6-10-8;1-2-4-8-6-10-9-5-7(8)3-1;1-2-4-8-7(3-1)9-5-6-10-8;1-2-4-8-7(3-1)5-6-9-10-8;1-2-9-6-5(8-1)3-7-4-10-6/h1-9H;1-8H,9H2;1-8H;1-8,13H;1-8H;1-7H;5*1-6H;1-4H. The van der Waals surface area contributed by atoms with Crippen molar-refractivity contribution in [2.45, 2.75) is 6.42 Å². The Bertz CT molecular complexity index is 7100. The van der Waals surface area contributed by atoms with Gasteiger partial charge in [0.25, 0.3) is 0 Å². The van der Waals surface area contributed by atoms with E-state index >= 15 is 0 Å². The summed E-state index contributed by atoms with van der Waals surface area (Å²) in [6.07, 6.45) is 26.6. The molecule has 0 aliphatic heterocycles. The molecular formula is C117H85N19S. The van der Waals surface area contributed by atoms with Crippen LogP contribution >= 0.6 is 11.3 Å². The topological polar surface area (TPSA) is 248 Å². The van der Waals surface area contributed by atoms with Crippen molar-refractivity contribution in [3.05, 3.63) is 511 Å². The number of hydrogen-bond donors (Lipinski definition) is 1. The number of aromatic nitrogens is 19. The maximum absolute atomic E-state index is 4.58. The van der Waals surface area contributed by atoms with Crippen LogP contribution in [0.3, 0.4) is 0 Å². The van der Waals surface area contributed by atoms with Gasteiger partial charge in [0.15, 0.2) is 11.3 Å². The average molecular weight is 1790 g/mol. The molecule has 19 nitrogen and oxygen atoms in total. The highest BCUT2D eigenvalue weighted by molar-refractivity contribution is 7.25. The minimum absolute atomic E-state index is 0.637. The zero-order valence-electron chi connectivity index (χ0n) is 74.0. The summed E-state index contributed by atoms with van der Waals surface area (Å²) in [5, 5.41) is 31.0. The Morgan fingerprint density at radius 2 is 0.584 bits per heavy atom. The number of nitrogens with zero attached hydrogens (tertiary/aromatic N) is 18. The van der Waals surface area contributed by atoms with Gasteiger partial charge in [0.1, 0.15) is 18.2 Å². The van der Waals surface area contributed by atoms with Gasteiger partial charge in [-0.1, -0.05) is 279 Å². The highest BCUT2D eigenvalue weighted by Gasteiger charge is 2.16. The van der Waals surface area contributed by atoms with Crippen molar-refractivity contribution >= 4 is 174 Å². The summed E-state index contributed by atoms with van der Waals surface area (Å²) in [4.78, 5) is 61.0. The lowest BCUT2D eigenvalue weighted by Gasteiger charge is -1.99. The van der Waals surface area contributed by atoms with Crippen molar-refractivity contribution < 1.29 is 0 Å². The van der Waals surface area contributed by atoms with Crippen LogP contribution in [-0.4, -0.2) is 95.2 Å². The number of nitrogens with one attached hydrogen (secondary N) is 1. The van der Waals surface area contributed by atoms with Gasteiger partial charge in [-0.2, -0.15) is 20.4 Å². The molecule has 654 valence electrons. The van der Waals surface area contributed by atoms with Gasteiger partial charge in [0.2, 0.25) is 0 Å². The molecule has 0 fully saturated rings. The Labute approximate surface area is 792 Å². The van der Waals surface area contributed by atoms with Crippen LogP contribution in [0.25, 0.3) is 174 Å². The van der Waals surface area contributed by atoms with Crippen molar-refractivity contribution in [3.8, 4) is 11.1 Å². The lowest BCUT2D eigenvalue weighted by atomic mass is 10.1. The van der Waals surface area contributed by atoms with Gasteiger partial charge in [0.05, 0.1) is 80.0 Å². The summed E-state index contributed by atoms with van der Waals surface area (Å²) in [7, 11) is 0. The predicted molar refractivity (Wildman–Crippen MR) is 561 cm³/mol. The smallest absolute Gasteiger partial charge is 0.181 e. The van der Waals surface area contributed by atoms with Gasteiger partial charge >= 0.3 is 0 Å². The van der Waals surface area contributed by atoms with Gasteiger partial charge in [-0.15, -0.1) is 11.3 Å². The summed E-state index contributed by atoms with van der Waals surface area (Å²) in [6, 6.07) is 137. The molecule has 13 heterocycles. The van der Waals surface area contributed by atoms with E-state index < -0.39 is 0 Å². The predicted octanol–water partition coefficient (Wildman–Crippen LogP) is 27.6. The first-order chi connectivity index (χ1) is 68.0. The van der Waals surface area contributed by atoms with E-state index in [9.17, 15) is 0 Å². The second kappa shape index (κ2) is 45.7. The number of hydrogen-bond acceptors (Lipinski definition) is 19. The minimum Gasteiger partial charge on any atom is -0.355 e. The van der Waals surface area contributed by atoms with E-state index in [2.05, 4.69) is 271 Å². The van der Waals surface area contributed by atoms with Gasteiger partial charge in [-0.25, -0.2) is 54.8 Å². The molecule has 0 saturated heterocycles. The SMILES string of the molecule is c1ccc2c(c1)Cc1ccccc1-2.c1ccc2c(c1)[nH]c1ccccc12.c1ccc2c(c1)sc1ccccc12.c1ccc2cnccc2c1.c1ccc2cnncc2c1.c1ccc2nc3ccccc3cc2c1.c1ccc2nc3ccccc3nc2c1.c1ccc2nccnc2c1.c1ccc2ncncc2c1.c1ccc2nnccc2c1.c1cnc2ncccc2c1.c1cnc2ncncc2n1. The number of para-hydroxylation sites is 11. The number of benzene rings is 15. The molecule has 1 N–H and O–H groups in total. The molecule has 1 aliphatic carbocycles. The van der Waals surface area contributed by atoms with Crippen molar-refractivity contribution in [3.63, 3.8) is 0 Å². The zero-order valence-corrected chi connectivity index (χ0v) is 74.8. The molecule has 20 heteroatoms. The van der Waals surface area contributed by atoms with Crippen LogP contribution in [0.15, 0.2) is 500 Å². The monoisotopic (exact) mass is 1790 g/mol. The molecule has 0 saturated carbocycles. The zero-order chi connectivity index (χ0) is 92.5. The molecule has 1 aliphatic rings.